The molecule has 1 N–H and O–H groups in total. The van der Waals surface area contributed by atoms with Gasteiger partial charge in [0.25, 0.3) is 0 Å². The van der Waals surface area contributed by atoms with Crippen molar-refractivity contribution in [1.29, 1.82) is 0 Å². The van der Waals surface area contributed by atoms with Gasteiger partial charge in [-0.25, -0.2) is 0 Å². The van der Waals surface area contributed by atoms with Gasteiger partial charge in [0.15, 0.2) is 0 Å². The van der Waals surface area contributed by atoms with Crippen LogP contribution in [0.5, 0.6) is 0 Å². The zero-order valence-electron chi connectivity index (χ0n) is 9.10. The molecular weight excluding hydrogens is 210 g/mol. The van der Waals surface area contributed by atoms with E-state index in [1.165, 1.54) is 0 Å². The van der Waals surface area contributed by atoms with E-state index in [-0.39, 0.29) is 11.8 Å². The highest BCUT2D eigenvalue weighted by Crippen LogP contribution is 2.45. The first kappa shape index (κ1) is 10.5. The van der Waals surface area contributed by atoms with Crippen LogP contribution < -0.4 is 5.32 Å². The molecule has 1 aromatic rings. The summed E-state index contributed by atoms with van der Waals surface area (Å²) >= 11 is 6.05. The third kappa shape index (κ3) is 1.28. The van der Waals surface area contributed by atoms with Gasteiger partial charge >= 0.3 is 0 Å². The first-order valence-electron chi connectivity index (χ1n) is 5.08. The van der Waals surface area contributed by atoms with Gasteiger partial charge in [0.2, 0.25) is 5.91 Å². The Hall–Kier alpha value is -1.02. The second kappa shape index (κ2) is 3.24. The normalized spacial score (nSPS) is 24.2. The van der Waals surface area contributed by atoms with E-state index in [1.807, 2.05) is 19.1 Å². The molecule has 1 atom stereocenters. The van der Waals surface area contributed by atoms with E-state index < -0.39 is 5.41 Å². The Balaban J connectivity index is 2.65. The van der Waals surface area contributed by atoms with Crippen LogP contribution in [-0.4, -0.2) is 5.91 Å². The molecule has 80 valence electrons. The molecule has 0 aromatic heterocycles. The maximum Gasteiger partial charge on any atom is 0.235 e. The second-order valence-electron chi connectivity index (χ2n) is 4.47. The molecule has 1 unspecified atom stereocenters. The van der Waals surface area contributed by atoms with Gasteiger partial charge in [-0.1, -0.05) is 37.6 Å². The van der Waals surface area contributed by atoms with Crippen molar-refractivity contribution >= 4 is 23.2 Å². The van der Waals surface area contributed by atoms with Crippen molar-refractivity contribution < 1.29 is 4.79 Å². The zero-order chi connectivity index (χ0) is 11.2. The third-order valence-electron chi connectivity index (χ3n) is 3.44. The number of halogens is 1. The SMILES string of the molecule is CC(C)C1(C)C(=O)Nc2c(Cl)cccc21. The Labute approximate surface area is 94.6 Å². The minimum atomic E-state index is -0.458. The zero-order valence-corrected chi connectivity index (χ0v) is 9.85. The molecule has 2 nitrogen and oxygen atoms in total. The molecule has 0 radical (unpaired) electrons. The number of carbonyl (C=O) groups is 1. The summed E-state index contributed by atoms with van der Waals surface area (Å²) in [5.41, 5.74) is 1.33. The fourth-order valence-corrected chi connectivity index (χ4v) is 2.24. The van der Waals surface area contributed by atoms with E-state index in [2.05, 4.69) is 19.2 Å². The second-order valence-corrected chi connectivity index (χ2v) is 4.88. The average Bonchev–Trinajstić information content (AvgIpc) is 2.44. The molecule has 0 aliphatic carbocycles. The standard InChI is InChI=1S/C12H14ClNO/c1-7(2)12(3)8-5-4-6-9(13)10(8)14-11(12)15/h4-7H,1-3H3,(H,14,15). The summed E-state index contributed by atoms with van der Waals surface area (Å²) in [6.07, 6.45) is 0. The lowest BCUT2D eigenvalue weighted by molar-refractivity contribution is -0.121. The van der Waals surface area contributed by atoms with E-state index >= 15 is 0 Å². The predicted octanol–water partition coefficient (Wildman–Crippen LogP) is 3.21. The van der Waals surface area contributed by atoms with Crippen LogP contribution in [0.25, 0.3) is 0 Å². The van der Waals surface area contributed by atoms with Crippen molar-refractivity contribution in [2.24, 2.45) is 5.92 Å². The van der Waals surface area contributed by atoms with Gasteiger partial charge in [0, 0.05) is 0 Å². The summed E-state index contributed by atoms with van der Waals surface area (Å²) in [4.78, 5) is 12.0. The number of anilines is 1. The quantitative estimate of drug-likeness (QED) is 0.778. The van der Waals surface area contributed by atoms with Crippen LogP contribution in [0.2, 0.25) is 5.02 Å². The largest absolute Gasteiger partial charge is 0.324 e. The topological polar surface area (TPSA) is 29.1 Å². The number of rotatable bonds is 1. The number of hydrogen-bond acceptors (Lipinski definition) is 1. The van der Waals surface area contributed by atoms with Gasteiger partial charge in [-0.15, -0.1) is 0 Å². The van der Waals surface area contributed by atoms with Gasteiger partial charge in [-0.2, -0.15) is 0 Å². The molecule has 0 fully saturated rings. The lowest BCUT2D eigenvalue weighted by atomic mass is 9.74. The van der Waals surface area contributed by atoms with Gasteiger partial charge in [0.05, 0.1) is 16.1 Å². The summed E-state index contributed by atoms with van der Waals surface area (Å²) in [6.45, 7) is 6.07. The molecule has 0 saturated heterocycles. The van der Waals surface area contributed by atoms with Crippen LogP contribution in [0.15, 0.2) is 18.2 Å². The van der Waals surface area contributed by atoms with Crippen LogP contribution in [0.4, 0.5) is 5.69 Å². The molecule has 15 heavy (non-hydrogen) atoms. The lowest BCUT2D eigenvalue weighted by Gasteiger charge is -2.26. The Bertz CT molecular complexity index is 428. The first-order chi connectivity index (χ1) is 6.98. The Morgan fingerprint density at radius 2 is 2.07 bits per heavy atom. The molecule has 1 aliphatic rings. The molecular formula is C12H14ClNO. The fraction of sp³-hybridized carbons (Fsp3) is 0.417. The van der Waals surface area contributed by atoms with Crippen molar-refractivity contribution in [1.82, 2.24) is 0 Å². The molecule has 1 amide bonds. The maximum absolute atomic E-state index is 12.0. The molecule has 1 aromatic carbocycles. The highest BCUT2D eigenvalue weighted by Gasteiger charge is 2.45. The summed E-state index contributed by atoms with van der Waals surface area (Å²) in [5.74, 6) is 0.290. The Kier molecular flexibility index (Phi) is 2.27. The average molecular weight is 224 g/mol. The highest BCUT2D eigenvalue weighted by molar-refractivity contribution is 6.34. The van der Waals surface area contributed by atoms with Crippen LogP contribution in [0.3, 0.4) is 0 Å². The lowest BCUT2D eigenvalue weighted by Crippen LogP contribution is -2.36. The summed E-state index contributed by atoms with van der Waals surface area (Å²) in [6, 6.07) is 5.66. The van der Waals surface area contributed by atoms with Gasteiger partial charge < -0.3 is 5.32 Å². The molecule has 0 bridgehead atoms. The van der Waals surface area contributed by atoms with E-state index in [0.717, 1.165) is 11.3 Å². The molecule has 0 saturated carbocycles. The molecule has 1 heterocycles. The Morgan fingerprint density at radius 1 is 1.40 bits per heavy atom. The predicted molar refractivity (Wildman–Crippen MR) is 62.3 cm³/mol. The van der Waals surface area contributed by atoms with Crippen LogP contribution in [-0.2, 0) is 10.2 Å². The van der Waals surface area contributed by atoms with Crippen molar-refractivity contribution in [3.63, 3.8) is 0 Å². The molecule has 3 heteroatoms. The van der Waals surface area contributed by atoms with Crippen molar-refractivity contribution in [3.05, 3.63) is 28.8 Å². The van der Waals surface area contributed by atoms with E-state index in [1.54, 1.807) is 6.07 Å². The number of para-hydroxylation sites is 1. The number of carbonyl (C=O) groups excluding carboxylic acids is 1. The summed E-state index contributed by atoms with van der Waals surface area (Å²) in [5, 5.41) is 3.48. The van der Waals surface area contributed by atoms with Crippen LogP contribution >= 0.6 is 11.6 Å². The molecule has 1 aliphatic heterocycles. The fourth-order valence-electron chi connectivity index (χ4n) is 2.02. The number of amides is 1. The van der Waals surface area contributed by atoms with E-state index in [9.17, 15) is 4.79 Å². The smallest absolute Gasteiger partial charge is 0.235 e. The number of benzene rings is 1. The maximum atomic E-state index is 12.0. The number of fused-ring (bicyclic) bond motifs is 1. The van der Waals surface area contributed by atoms with Crippen LogP contribution in [0, 0.1) is 5.92 Å². The van der Waals surface area contributed by atoms with Gasteiger partial charge in [-0.3, -0.25) is 4.79 Å². The van der Waals surface area contributed by atoms with Crippen LogP contribution in [0.1, 0.15) is 26.3 Å². The van der Waals surface area contributed by atoms with E-state index in [0.29, 0.717) is 5.02 Å². The number of nitrogens with one attached hydrogen (secondary N) is 1. The minimum Gasteiger partial charge on any atom is -0.324 e. The minimum absolute atomic E-state index is 0.0422. The molecule has 0 spiro atoms. The first-order valence-corrected chi connectivity index (χ1v) is 5.46. The monoisotopic (exact) mass is 223 g/mol. The summed E-state index contributed by atoms with van der Waals surface area (Å²) < 4.78 is 0. The highest BCUT2D eigenvalue weighted by atomic mass is 35.5. The third-order valence-corrected chi connectivity index (χ3v) is 3.75. The van der Waals surface area contributed by atoms with Crippen molar-refractivity contribution in [2.75, 3.05) is 5.32 Å². The van der Waals surface area contributed by atoms with Crippen molar-refractivity contribution in [3.8, 4) is 0 Å². The van der Waals surface area contributed by atoms with E-state index in [4.69, 9.17) is 11.6 Å². The van der Waals surface area contributed by atoms with Crippen molar-refractivity contribution in [2.45, 2.75) is 26.2 Å². The molecule has 2 rings (SSSR count). The Morgan fingerprint density at radius 3 is 2.67 bits per heavy atom. The summed E-state index contributed by atoms with van der Waals surface area (Å²) in [7, 11) is 0. The van der Waals surface area contributed by atoms with Gasteiger partial charge in [-0.05, 0) is 24.5 Å². The number of hydrogen-bond donors (Lipinski definition) is 1. The van der Waals surface area contributed by atoms with Gasteiger partial charge in [0.1, 0.15) is 0 Å².